The van der Waals surface area contributed by atoms with Gasteiger partial charge in [-0.2, -0.15) is 0 Å². The highest BCUT2D eigenvalue weighted by Gasteiger charge is 2.08. The van der Waals surface area contributed by atoms with E-state index in [0.29, 0.717) is 0 Å². The third kappa shape index (κ3) is 2.48. The van der Waals surface area contributed by atoms with Gasteiger partial charge in [0.15, 0.2) is 0 Å². The number of thioether (sulfide) groups is 2. The van der Waals surface area contributed by atoms with Gasteiger partial charge in [0, 0.05) is 15.7 Å². The summed E-state index contributed by atoms with van der Waals surface area (Å²) >= 11 is 3.77. The molecule has 88 valence electrons. The fraction of sp³-hybridized carbons (Fsp3) is 0.231. The van der Waals surface area contributed by atoms with Crippen LogP contribution in [0.5, 0.6) is 5.75 Å². The molecule has 1 aromatic carbocycles. The lowest BCUT2D eigenvalue weighted by Gasteiger charge is -2.11. The predicted octanol–water partition coefficient (Wildman–Crippen LogP) is 4.31. The molecule has 0 atom stereocenters. The lowest BCUT2D eigenvalue weighted by Crippen LogP contribution is -1.90. The average Bonchev–Trinajstić information content (AvgIpc) is 2.71. The van der Waals surface area contributed by atoms with Crippen LogP contribution in [0.2, 0.25) is 0 Å². The molecular formula is C13H12O2S2. The second kappa shape index (κ2) is 4.70. The summed E-state index contributed by atoms with van der Waals surface area (Å²) in [5.74, 6) is 3.53. The topological polar surface area (TPSA) is 33.4 Å². The molecule has 2 aromatic rings. The number of hydrogen-bond acceptors (Lipinski definition) is 4. The molecule has 0 bridgehead atoms. The van der Waals surface area contributed by atoms with E-state index in [0.717, 1.165) is 16.7 Å². The Morgan fingerprint density at radius 2 is 2.00 bits per heavy atom. The monoisotopic (exact) mass is 264 g/mol. The van der Waals surface area contributed by atoms with Gasteiger partial charge in [-0.15, -0.1) is 23.5 Å². The maximum Gasteiger partial charge on any atom is 0.135 e. The third-order valence-electron chi connectivity index (χ3n) is 2.56. The number of benzene rings is 1. The van der Waals surface area contributed by atoms with E-state index >= 15 is 0 Å². The van der Waals surface area contributed by atoms with Crippen molar-refractivity contribution in [3.05, 3.63) is 34.3 Å². The lowest BCUT2D eigenvalue weighted by molar-refractivity contribution is 0.476. The summed E-state index contributed by atoms with van der Waals surface area (Å²) in [5, 5.41) is 10.3. The van der Waals surface area contributed by atoms with Gasteiger partial charge in [-0.3, -0.25) is 0 Å². The molecule has 0 aliphatic carbocycles. The van der Waals surface area contributed by atoms with Gasteiger partial charge < -0.3 is 9.52 Å². The Labute approximate surface area is 108 Å². The predicted molar refractivity (Wildman–Crippen MR) is 75.4 cm³/mol. The van der Waals surface area contributed by atoms with Crippen LogP contribution in [0, 0.1) is 0 Å². The summed E-state index contributed by atoms with van der Waals surface area (Å²) in [6.07, 6.45) is 3.37. The van der Waals surface area contributed by atoms with Crippen LogP contribution in [-0.4, -0.2) is 16.6 Å². The molecule has 1 N–H and O–H groups in total. The molecule has 0 unspecified atom stereocenters. The number of phenols is 1. The standard InChI is InChI=1S/C13H12O2S2/c14-10-2-3-12-9(6-10)7-11(15-12)8-13-16-4-1-5-17-13/h2-3,6-8,14H,1,4-5H2. The first-order valence-corrected chi connectivity index (χ1v) is 7.48. The van der Waals surface area contributed by atoms with Crippen LogP contribution in [0.3, 0.4) is 0 Å². The summed E-state index contributed by atoms with van der Waals surface area (Å²) in [7, 11) is 0. The van der Waals surface area contributed by atoms with Crippen molar-refractivity contribution in [3.8, 4) is 5.75 Å². The second-order valence-electron chi connectivity index (χ2n) is 3.88. The van der Waals surface area contributed by atoms with Crippen molar-refractivity contribution in [2.45, 2.75) is 6.42 Å². The molecule has 0 saturated carbocycles. The molecular weight excluding hydrogens is 252 g/mol. The first-order valence-electron chi connectivity index (χ1n) is 5.51. The fourth-order valence-corrected chi connectivity index (χ4v) is 4.16. The van der Waals surface area contributed by atoms with E-state index in [1.165, 1.54) is 22.2 Å². The van der Waals surface area contributed by atoms with E-state index in [9.17, 15) is 5.11 Å². The molecule has 2 heterocycles. The van der Waals surface area contributed by atoms with E-state index in [2.05, 4.69) is 6.08 Å². The molecule has 0 amide bonds. The van der Waals surface area contributed by atoms with E-state index < -0.39 is 0 Å². The van der Waals surface area contributed by atoms with Gasteiger partial charge in [0.2, 0.25) is 0 Å². The Morgan fingerprint density at radius 3 is 2.82 bits per heavy atom. The quantitative estimate of drug-likeness (QED) is 0.832. The van der Waals surface area contributed by atoms with Crippen molar-refractivity contribution >= 4 is 40.6 Å². The third-order valence-corrected chi connectivity index (χ3v) is 5.05. The number of furan rings is 1. The smallest absolute Gasteiger partial charge is 0.135 e. The molecule has 1 saturated heterocycles. The van der Waals surface area contributed by atoms with Crippen molar-refractivity contribution in [1.82, 2.24) is 0 Å². The van der Waals surface area contributed by atoms with E-state index in [1.807, 2.05) is 29.6 Å². The minimum absolute atomic E-state index is 0.277. The summed E-state index contributed by atoms with van der Waals surface area (Å²) in [5.41, 5.74) is 0.820. The maximum atomic E-state index is 9.40. The van der Waals surface area contributed by atoms with Gasteiger partial charge in [-0.1, -0.05) is 0 Å². The average molecular weight is 264 g/mol. The number of aromatic hydroxyl groups is 1. The van der Waals surface area contributed by atoms with Crippen LogP contribution in [0.1, 0.15) is 12.2 Å². The van der Waals surface area contributed by atoms with Crippen LogP contribution in [0.15, 0.2) is 32.9 Å². The van der Waals surface area contributed by atoms with Gasteiger partial charge in [0.25, 0.3) is 0 Å². The van der Waals surface area contributed by atoms with Crippen molar-refractivity contribution in [2.24, 2.45) is 0 Å². The number of hydrogen-bond donors (Lipinski definition) is 1. The molecule has 0 spiro atoms. The highest BCUT2D eigenvalue weighted by atomic mass is 32.2. The zero-order valence-corrected chi connectivity index (χ0v) is 10.8. The second-order valence-corrected chi connectivity index (χ2v) is 6.42. The zero-order chi connectivity index (χ0) is 11.7. The summed E-state index contributed by atoms with van der Waals surface area (Å²) < 4.78 is 7.03. The summed E-state index contributed by atoms with van der Waals surface area (Å²) in [4.78, 5) is 0. The summed E-state index contributed by atoms with van der Waals surface area (Å²) in [6, 6.07) is 7.14. The molecule has 1 aliphatic rings. The van der Waals surface area contributed by atoms with E-state index in [1.54, 1.807) is 18.2 Å². The zero-order valence-electron chi connectivity index (χ0n) is 9.18. The highest BCUT2D eigenvalue weighted by Crippen LogP contribution is 2.36. The summed E-state index contributed by atoms with van der Waals surface area (Å²) in [6.45, 7) is 0. The van der Waals surface area contributed by atoms with Gasteiger partial charge in [-0.25, -0.2) is 0 Å². The van der Waals surface area contributed by atoms with E-state index in [4.69, 9.17) is 4.42 Å². The number of rotatable bonds is 1. The Hall–Kier alpha value is -1.00. The Morgan fingerprint density at radius 1 is 1.18 bits per heavy atom. The first kappa shape index (κ1) is 11.1. The Bertz CT molecular complexity index is 564. The molecule has 4 heteroatoms. The molecule has 3 rings (SSSR count). The van der Waals surface area contributed by atoms with Crippen molar-refractivity contribution < 1.29 is 9.52 Å². The fourth-order valence-electron chi connectivity index (χ4n) is 1.77. The molecule has 1 aliphatic heterocycles. The van der Waals surface area contributed by atoms with Crippen LogP contribution < -0.4 is 0 Å². The highest BCUT2D eigenvalue weighted by molar-refractivity contribution is 8.23. The molecule has 1 aromatic heterocycles. The first-order chi connectivity index (χ1) is 8.31. The van der Waals surface area contributed by atoms with Crippen molar-refractivity contribution in [2.75, 3.05) is 11.5 Å². The van der Waals surface area contributed by atoms with Gasteiger partial charge in [0.05, 0.1) is 0 Å². The molecule has 0 radical (unpaired) electrons. The largest absolute Gasteiger partial charge is 0.508 e. The van der Waals surface area contributed by atoms with Crippen molar-refractivity contribution in [1.29, 1.82) is 0 Å². The molecule has 1 fully saturated rings. The van der Waals surface area contributed by atoms with Crippen molar-refractivity contribution in [3.63, 3.8) is 0 Å². The molecule has 17 heavy (non-hydrogen) atoms. The van der Waals surface area contributed by atoms with Crippen LogP contribution >= 0.6 is 23.5 Å². The Balaban J connectivity index is 1.95. The van der Waals surface area contributed by atoms with Crippen LogP contribution in [0.4, 0.5) is 0 Å². The lowest BCUT2D eigenvalue weighted by atomic mass is 10.2. The minimum atomic E-state index is 0.277. The SMILES string of the molecule is Oc1ccc2oc(C=C3SCCCS3)cc2c1. The van der Waals surface area contributed by atoms with Gasteiger partial charge in [-0.05, 0) is 42.2 Å². The van der Waals surface area contributed by atoms with Crippen LogP contribution in [-0.2, 0) is 0 Å². The van der Waals surface area contributed by atoms with E-state index in [-0.39, 0.29) is 5.75 Å². The van der Waals surface area contributed by atoms with Gasteiger partial charge >= 0.3 is 0 Å². The van der Waals surface area contributed by atoms with Gasteiger partial charge in [0.1, 0.15) is 17.1 Å². The maximum absolute atomic E-state index is 9.40. The number of fused-ring (bicyclic) bond motifs is 1. The normalized spacial score (nSPS) is 16.4. The minimum Gasteiger partial charge on any atom is -0.508 e. The Kier molecular flexibility index (Phi) is 3.07. The molecule has 2 nitrogen and oxygen atoms in total. The van der Waals surface area contributed by atoms with Crippen LogP contribution in [0.25, 0.3) is 17.0 Å². The number of phenolic OH excluding ortho intramolecular Hbond substituents is 1.